The fourth-order valence-electron chi connectivity index (χ4n) is 1.36. The van der Waals surface area contributed by atoms with Crippen molar-refractivity contribution < 1.29 is 4.79 Å². The number of carbonyl (C=O) groups excluding carboxylic acids is 1. The second kappa shape index (κ2) is 3.34. The molecular weight excluding hydrogens is 192 g/mol. The van der Waals surface area contributed by atoms with E-state index in [0.717, 1.165) is 0 Å². The van der Waals surface area contributed by atoms with Crippen LogP contribution in [0.15, 0.2) is 18.3 Å². The Morgan fingerprint density at radius 2 is 2.27 bits per heavy atom. The number of rotatable bonds is 2. The zero-order chi connectivity index (χ0) is 11.0. The largest absolute Gasteiger partial charge is 0.365 e. The molecular formula is C10H12N4O. The lowest BCUT2D eigenvalue weighted by Crippen LogP contribution is -2.12. The number of primary amides is 1. The first-order chi connectivity index (χ1) is 7.09. The van der Waals surface area contributed by atoms with E-state index < -0.39 is 5.91 Å². The van der Waals surface area contributed by atoms with E-state index in [1.807, 2.05) is 13.8 Å². The van der Waals surface area contributed by atoms with Gasteiger partial charge in [-0.15, -0.1) is 0 Å². The summed E-state index contributed by atoms with van der Waals surface area (Å²) in [6.07, 6.45) is 1.75. The molecule has 2 heterocycles. The van der Waals surface area contributed by atoms with Gasteiger partial charge in [-0.3, -0.25) is 4.79 Å². The normalized spacial score (nSPS) is 11.1. The van der Waals surface area contributed by atoms with Crippen LogP contribution < -0.4 is 5.73 Å². The molecule has 2 N–H and O–H groups in total. The maximum Gasteiger partial charge on any atom is 0.252 e. The molecule has 0 aliphatic rings. The third-order valence-electron chi connectivity index (χ3n) is 2.16. The molecule has 0 aliphatic heterocycles. The monoisotopic (exact) mass is 204 g/mol. The fraction of sp³-hybridized carbons (Fsp3) is 0.300. The molecule has 0 saturated carbocycles. The lowest BCUT2D eigenvalue weighted by atomic mass is 10.2. The summed E-state index contributed by atoms with van der Waals surface area (Å²) in [6, 6.07) is 3.38. The maximum atomic E-state index is 11.1. The van der Waals surface area contributed by atoms with Gasteiger partial charge in [-0.2, -0.15) is 5.10 Å². The van der Waals surface area contributed by atoms with Crippen LogP contribution in [-0.2, 0) is 0 Å². The molecule has 5 nitrogen and oxygen atoms in total. The summed E-state index contributed by atoms with van der Waals surface area (Å²) in [5.41, 5.74) is 6.17. The minimum Gasteiger partial charge on any atom is -0.365 e. The SMILES string of the molecule is CC(C)c1nc2c(C(N)=O)cccn2n1. The predicted octanol–water partition coefficient (Wildman–Crippen LogP) is 0.952. The number of nitrogens with two attached hydrogens (primary N) is 1. The standard InChI is InChI=1S/C10H12N4O/c1-6(2)9-12-10-7(8(11)15)4-3-5-14(10)13-9/h3-6H,1-2H3,(H2,11,15). The number of amides is 1. The van der Waals surface area contributed by atoms with E-state index in [2.05, 4.69) is 10.1 Å². The van der Waals surface area contributed by atoms with E-state index >= 15 is 0 Å². The van der Waals surface area contributed by atoms with Gasteiger partial charge in [0.25, 0.3) is 5.91 Å². The summed E-state index contributed by atoms with van der Waals surface area (Å²) in [4.78, 5) is 15.4. The molecule has 0 unspecified atom stereocenters. The summed E-state index contributed by atoms with van der Waals surface area (Å²) in [7, 11) is 0. The summed E-state index contributed by atoms with van der Waals surface area (Å²) >= 11 is 0. The van der Waals surface area contributed by atoms with Crippen molar-refractivity contribution in [3.05, 3.63) is 29.7 Å². The van der Waals surface area contributed by atoms with Gasteiger partial charge in [0.05, 0.1) is 5.56 Å². The van der Waals surface area contributed by atoms with Crippen LogP contribution in [0.4, 0.5) is 0 Å². The number of nitrogens with zero attached hydrogens (tertiary/aromatic N) is 3. The van der Waals surface area contributed by atoms with Crippen LogP contribution in [0.5, 0.6) is 0 Å². The van der Waals surface area contributed by atoms with Crippen molar-refractivity contribution in [3.63, 3.8) is 0 Å². The topological polar surface area (TPSA) is 73.3 Å². The smallest absolute Gasteiger partial charge is 0.252 e. The van der Waals surface area contributed by atoms with Crippen LogP contribution in [0.25, 0.3) is 5.65 Å². The van der Waals surface area contributed by atoms with Crippen LogP contribution in [0, 0.1) is 0 Å². The zero-order valence-corrected chi connectivity index (χ0v) is 8.64. The second-order valence-corrected chi connectivity index (χ2v) is 3.68. The molecule has 0 radical (unpaired) electrons. The molecule has 0 atom stereocenters. The van der Waals surface area contributed by atoms with Crippen LogP contribution in [-0.4, -0.2) is 20.5 Å². The van der Waals surface area contributed by atoms with Crippen LogP contribution in [0.2, 0.25) is 0 Å². The number of pyridine rings is 1. The Hall–Kier alpha value is -1.91. The summed E-state index contributed by atoms with van der Waals surface area (Å²) < 4.78 is 1.58. The van der Waals surface area contributed by atoms with E-state index in [9.17, 15) is 4.79 Å². The van der Waals surface area contributed by atoms with Gasteiger partial charge < -0.3 is 5.73 Å². The first kappa shape index (κ1) is 9.64. The Morgan fingerprint density at radius 1 is 1.53 bits per heavy atom. The predicted molar refractivity (Wildman–Crippen MR) is 55.6 cm³/mol. The first-order valence-corrected chi connectivity index (χ1v) is 4.74. The molecule has 78 valence electrons. The van der Waals surface area contributed by atoms with Crippen molar-refractivity contribution >= 4 is 11.6 Å². The highest BCUT2D eigenvalue weighted by atomic mass is 16.1. The molecule has 0 fully saturated rings. The molecule has 0 bridgehead atoms. The Kier molecular flexibility index (Phi) is 2.15. The van der Waals surface area contributed by atoms with Gasteiger partial charge in [0.1, 0.15) is 0 Å². The van der Waals surface area contributed by atoms with Crippen molar-refractivity contribution in [1.29, 1.82) is 0 Å². The van der Waals surface area contributed by atoms with E-state index in [4.69, 9.17) is 5.73 Å². The van der Waals surface area contributed by atoms with Gasteiger partial charge in [0, 0.05) is 12.1 Å². The van der Waals surface area contributed by atoms with E-state index in [0.29, 0.717) is 17.0 Å². The molecule has 0 saturated heterocycles. The number of carbonyl (C=O) groups is 1. The van der Waals surface area contributed by atoms with Gasteiger partial charge in [-0.25, -0.2) is 9.50 Å². The third-order valence-corrected chi connectivity index (χ3v) is 2.16. The van der Waals surface area contributed by atoms with Crippen molar-refractivity contribution in [1.82, 2.24) is 14.6 Å². The minimum absolute atomic E-state index is 0.227. The summed E-state index contributed by atoms with van der Waals surface area (Å²) in [6.45, 7) is 4.00. The average molecular weight is 204 g/mol. The molecule has 2 rings (SSSR count). The molecule has 0 aliphatic carbocycles. The lowest BCUT2D eigenvalue weighted by molar-refractivity contribution is 0.100. The van der Waals surface area contributed by atoms with E-state index in [-0.39, 0.29) is 5.92 Å². The number of hydrogen-bond donors (Lipinski definition) is 1. The quantitative estimate of drug-likeness (QED) is 0.791. The van der Waals surface area contributed by atoms with Gasteiger partial charge in [0.15, 0.2) is 11.5 Å². The Bertz CT molecular complexity index is 515. The molecule has 5 heteroatoms. The highest BCUT2D eigenvalue weighted by Gasteiger charge is 2.12. The molecule has 15 heavy (non-hydrogen) atoms. The van der Waals surface area contributed by atoms with Crippen LogP contribution >= 0.6 is 0 Å². The minimum atomic E-state index is -0.483. The van der Waals surface area contributed by atoms with Crippen molar-refractivity contribution in [3.8, 4) is 0 Å². The highest BCUT2D eigenvalue weighted by Crippen LogP contribution is 2.13. The second-order valence-electron chi connectivity index (χ2n) is 3.68. The molecule has 2 aromatic heterocycles. The van der Waals surface area contributed by atoms with Gasteiger partial charge in [0.2, 0.25) is 0 Å². The Labute approximate surface area is 86.9 Å². The average Bonchev–Trinajstić information content (AvgIpc) is 2.60. The van der Waals surface area contributed by atoms with E-state index in [1.165, 1.54) is 0 Å². The summed E-state index contributed by atoms with van der Waals surface area (Å²) in [5, 5.41) is 4.25. The van der Waals surface area contributed by atoms with Gasteiger partial charge in [-0.05, 0) is 12.1 Å². The van der Waals surface area contributed by atoms with Crippen LogP contribution in [0.3, 0.4) is 0 Å². The van der Waals surface area contributed by atoms with Gasteiger partial charge >= 0.3 is 0 Å². The fourth-order valence-corrected chi connectivity index (χ4v) is 1.36. The van der Waals surface area contributed by atoms with Crippen LogP contribution in [0.1, 0.15) is 35.9 Å². The Balaban J connectivity index is 2.70. The molecule has 0 aromatic carbocycles. The molecule has 0 spiro atoms. The highest BCUT2D eigenvalue weighted by molar-refractivity contribution is 5.98. The van der Waals surface area contributed by atoms with Crippen molar-refractivity contribution in [2.75, 3.05) is 0 Å². The number of hydrogen-bond acceptors (Lipinski definition) is 3. The Morgan fingerprint density at radius 3 is 2.87 bits per heavy atom. The van der Waals surface area contributed by atoms with E-state index in [1.54, 1.807) is 22.8 Å². The molecule has 2 aromatic rings. The third kappa shape index (κ3) is 1.56. The zero-order valence-electron chi connectivity index (χ0n) is 8.64. The van der Waals surface area contributed by atoms with Crippen molar-refractivity contribution in [2.45, 2.75) is 19.8 Å². The maximum absolute atomic E-state index is 11.1. The number of aromatic nitrogens is 3. The molecule has 1 amide bonds. The number of fused-ring (bicyclic) bond motifs is 1. The lowest BCUT2D eigenvalue weighted by Gasteiger charge is -1.95. The summed E-state index contributed by atoms with van der Waals surface area (Å²) in [5.74, 6) is 0.456. The van der Waals surface area contributed by atoms with Gasteiger partial charge in [-0.1, -0.05) is 13.8 Å². The van der Waals surface area contributed by atoms with Crippen molar-refractivity contribution in [2.24, 2.45) is 5.73 Å². The first-order valence-electron chi connectivity index (χ1n) is 4.74.